The van der Waals surface area contributed by atoms with Gasteiger partial charge in [-0.25, -0.2) is 24.4 Å². The summed E-state index contributed by atoms with van der Waals surface area (Å²) >= 11 is 4.81. The number of anilines is 1. The van der Waals surface area contributed by atoms with Gasteiger partial charge in [0.15, 0.2) is 5.13 Å². The second-order valence-electron chi connectivity index (χ2n) is 15.7. The van der Waals surface area contributed by atoms with Gasteiger partial charge in [-0.1, -0.05) is 25.0 Å². The Hall–Kier alpha value is -4.97. The van der Waals surface area contributed by atoms with Crippen molar-refractivity contribution in [2.75, 3.05) is 19.0 Å². The fourth-order valence-corrected chi connectivity index (χ4v) is 9.32. The van der Waals surface area contributed by atoms with Crippen molar-refractivity contribution < 1.29 is 48.0 Å². The van der Waals surface area contributed by atoms with E-state index in [1.54, 1.807) is 37.4 Å². The Labute approximate surface area is 353 Å². The lowest BCUT2D eigenvalue weighted by atomic mass is 10.0. The van der Waals surface area contributed by atoms with Crippen molar-refractivity contribution in [2.24, 2.45) is 5.92 Å². The summed E-state index contributed by atoms with van der Waals surface area (Å²) in [6.07, 6.45) is 8.25. The quantitative estimate of drug-likeness (QED) is 0.161. The number of carbonyl (C=O) groups is 5. The number of fused-ring (bicyclic) bond motifs is 3. The minimum absolute atomic E-state index is 0.0324. The first-order valence-electron chi connectivity index (χ1n) is 20.1. The minimum atomic E-state index is -1.49. The first-order chi connectivity index (χ1) is 28.3. The average Bonchev–Trinajstić information content (AvgIpc) is 3.62. The van der Waals surface area contributed by atoms with E-state index in [-0.39, 0.29) is 37.5 Å². The molecule has 59 heavy (non-hydrogen) atoms. The number of methoxy groups -OCH3 is 1. The van der Waals surface area contributed by atoms with Gasteiger partial charge in [0.1, 0.15) is 47.0 Å². The fraction of sp³-hybridized carbons (Fsp3) is 0.537. The number of carbonyl (C=O) groups excluding carboxylic acids is 4. The summed E-state index contributed by atoms with van der Waals surface area (Å²) in [7, 11) is 1.54. The van der Waals surface area contributed by atoms with Gasteiger partial charge in [0.05, 0.1) is 35.4 Å². The van der Waals surface area contributed by atoms with Gasteiger partial charge < -0.3 is 39.6 Å². The van der Waals surface area contributed by atoms with E-state index in [2.05, 4.69) is 36.9 Å². The van der Waals surface area contributed by atoms with Gasteiger partial charge in [-0.3, -0.25) is 14.9 Å². The molecule has 0 spiro atoms. The molecule has 7 rings (SSSR count). The van der Waals surface area contributed by atoms with Gasteiger partial charge >= 0.3 is 18.2 Å². The highest BCUT2D eigenvalue weighted by molar-refractivity contribution is 9.10. The maximum Gasteiger partial charge on any atom is 0.413 e. The lowest BCUT2D eigenvalue weighted by Gasteiger charge is -2.29. The first-order valence-corrected chi connectivity index (χ1v) is 21.8. The number of allylic oxidation sites excluding steroid dienone is 1. The van der Waals surface area contributed by atoms with Crippen LogP contribution in [-0.4, -0.2) is 99.5 Å². The summed E-state index contributed by atoms with van der Waals surface area (Å²) in [6, 6.07) is 3.16. The van der Waals surface area contributed by atoms with Crippen molar-refractivity contribution in [1.82, 2.24) is 25.5 Å². The number of thiazole rings is 1. The number of carboxylic acid groups (broad SMARTS) is 1. The predicted octanol–water partition coefficient (Wildman–Crippen LogP) is 6.95. The molecule has 2 aromatic heterocycles. The SMILES string of the molecule is COc1ccc2c(O[C@@H]3C[C@H]4C(=O)N[C@]5(C(=O)O)C[C@@H]5/C=C\CCCCC[C@@H](NC(=O)OC5CCCC5)C(=O)N4C3)cc(-c3csc(NC(=O)OC(C)C)n3)nc2c1Br. The molecular formula is C41H49BrN6O10S. The second kappa shape index (κ2) is 18.1. The van der Waals surface area contributed by atoms with Crippen molar-refractivity contribution in [3.8, 4) is 22.9 Å². The molecule has 2 saturated carbocycles. The average molecular weight is 898 g/mol. The van der Waals surface area contributed by atoms with Crippen LogP contribution in [0.25, 0.3) is 22.3 Å². The summed E-state index contributed by atoms with van der Waals surface area (Å²) < 4.78 is 23.7. The van der Waals surface area contributed by atoms with Crippen LogP contribution in [0.15, 0.2) is 40.2 Å². The number of carboxylic acids is 1. The number of halogens is 1. The molecular weight excluding hydrogens is 848 g/mol. The molecule has 3 fully saturated rings. The topological polar surface area (TPSA) is 208 Å². The number of amides is 4. The molecule has 0 unspecified atom stereocenters. The molecule has 3 aromatic rings. The van der Waals surface area contributed by atoms with Gasteiger partial charge in [0, 0.05) is 29.2 Å². The third-order valence-corrected chi connectivity index (χ3v) is 12.7. The minimum Gasteiger partial charge on any atom is -0.495 e. The molecule has 18 heteroatoms. The molecule has 2 aliphatic carbocycles. The maximum absolute atomic E-state index is 14.6. The Morgan fingerprint density at radius 1 is 1.02 bits per heavy atom. The molecule has 1 saturated heterocycles. The summed E-state index contributed by atoms with van der Waals surface area (Å²) in [4.78, 5) is 77.8. The van der Waals surface area contributed by atoms with Crippen LogP contribution in [0.5, 0.6) is 11.5 Å². The normalized spacial score (nSPS) is 25.5. The van der Waals surface area contributed by atoms with E-state index in [1.807, 2.05) is 12.2 Å². The largest absolute Gasteiger partial charge is 0.495 e. The fourth-order valence-electron chi connectivity index (χ4n) is 8.04. The Balaban J connectivity index is 1.21. The Bertz CT molecular complexity index is 2120. The molecule has 0 radical (unpaired) electrons. The molecule has 5 atom stereocenters. The Kier molecular flexibility index (Phi) is 12.9. The number of alkyl carbamates (subject to hydrolysis) is 1. The maximum atomic E-state index is 14.6. The smallest absolute Gasteiger partial charge is 0.413 e. The van der Waals surface area contributed by atoms with Crippen LogP contribution >= 0.6 is 27.3 Å². The van der Waals surface area contributed by atoms with Gasteiger partial charge in [-0.05, 0) is 93.3 Å². The zero-order valence-electron chi connectivity index (χ0n) is 33.2. The van der Waals surface area contributed by atoms with E-state index in [1.165, 1.54) is 23.3 Å². The highest BCUT2D eigenvalue weighted by atomic mass is 79.9. The molecule has 4 heterocycles. The summed E-state index contributed by atoms with van der Waals surface area (Å²) in [6.45, 7) is 3.45. The number of benzene rings is 1. The number of hydrogen-bond acceptors (Lipinski definition) is 12. The van der Waals surface area contributed by atoms with Crippen molar-refractivity contribution in [1.29, 1.82) is 0 Å². The summed E-state index contributed by atoms with van der Waals surface area (Å²) in [5, 5.41) is 21.2. The third kappa shape index (κ3) is 9.59. The highest BCUT2D eigenvalue weighted by Gasteiger charge is 2.61. The lowest BCUT2D eigenvalue weighted by Crippen LogP contribution is -2.56. The van der Waals surface area contributed by atoms with Gasteiger partial charge in [0.2, 0.25) is 11.8 Å². The van der Waals surface area contributed by atoms with Gasteiger partial charge in [-0.2, -0.15) is 0 Å². The zero-order chi connectivity index (χ0) is 41.8. The highest BCUT2D eigenvalue weighted by Crippen LogP contribution is 2.46. The number of nitrogens with zero attached hydrogens (tertiary/aromatic N) is 3. The standard InChI is InChI=1S/C41H49BrN6O10S/c1-22(2)56-40(54)46-38-44-29(21-59-38)28-18-32(26-15-16-31(55-3)33(42)34(26)43-28)57-25-17-30-35(49)47-41(37(51)52)19-23(41)11-7-5-4-6-8-14-27(36(50)48(30)20-25)45-39(53)58-24-12-9-10-13-24/h7,11,15-16,18,21-25,27,30H,4-6,8-10,12-14,17,19-20H2,1-3H3,(H,45,53)(H,47,49)(H,51,52)(H,44,46,54)/b11-7-/t23-,25+,27+,30-,41+/m0/s1. The van der Waals surface area contributed by atoms with Crippen LogP contribution in [0.4, 0.5) is 14.7 Å². The number of ether oxygens (including phenoxy) is 4. The molecule has 4 N–H and O–H groups in total. The van der Waals surface area contributed by atoms with Gasteiger partial charge in [0.25, 0.3) is 0 Å². The molecule has 4 aliphatic rings. The molecule has 2 aliphatic heterocycles. The van der Waals surface area contributed by atoms with Crippen molar-refractivity contribution >= 4 is 73.3 Å². The number of rotatable bonds is 9. The number of hydrogen-bond donors (Lipinski definition) is 4. The van der Waals surface area contributed by atoms with Crippen molar-refractivity contribution in [3.05, 3.63) is 40.2 Å². The van der Waals surface area contributed by atoms with E-state index in [0.29, 0.717) is 56.2 Å². The van der Waals surface area contributed by atoms with E-state index in [4.69, 9.17) is 23.9 Å². The van der Waals surface area contributed by atoms with Crippen molar-refractivity contribution in [2.45, 2.75) is 120 Å². The van der Waals surface area contributed by atoms with Crippen molar-refractivity contribution in [3.63, 3.8) is 0 Å². The number of aromatic nitrogens is 2. The lowest BCUT2D eigenvalue weighted by molar-refractivity contribution is -0.145. The van der Waals surface area contributed by atoms with Crippen LogP contribution < -0.4 is 25.4 Å². The first kappa shape index (κ1) is 42.2. The Morgan fingerprint density at radius 2 is 1.80 bits per heavy atom. The van der Waals surface area contributed by atoms with Crippen LogP contribution in [0, 0.1) is 5.92 Å². The number of pyridine rings is 1. The number of aliphatic carboxylic acids is 1. The van der Waals surface area contributed by atoms with Crippen LogP contribution in [0.3, 0.4) is 0 Å². The van der Waals surface area contributed by atoms with Crippen LogP contribution in [0.2, 0.25) is 0 Å². The third-order valence-electron chi connectivity index (χ3n) is 11.2. The Morgan fingerprint density at radius 3 is 2.54 bits per heavy atom. The van der Waals surface area contributed by atoms with Gasteiger partial charge in [-0.15, -0.1) is 11.3 Å². The van der Waals surface area contributed by atoms with Crippen LogP contribution in [-0.2, 0) is 23.9 Å². The molecule has 316 valence electrons. The molecule has 0 bridgehead atoms. The summed E-state index contributed by atoms with van der Waals surface area (Å²) in [5.74, 6) is -1.72. The zero-order valence-corrected chi connectivity index (χ0v) is 35.6. The second-order valence-corrected chi connectivity index (χ2v) is 17.4. The molecule has 16 nitrogen and oxygen atoms in total. The van der Waals surface area contributed by atoms with E-state index in [9.17, 15) is 29.1 Å². The monoisotopic (exact) mass is 896 g/mol. The van der Waals surface area contributed by atoms with E-state index < -0.39 is 53.7 Å². The van der Waals surface area contributed by atoms with Crippen LogP contribution in [0.1, 0.15) is 84.5 Å². The predicted molar refractivity (Wildman–Crippen MR) is 221 cm³/mol. The number of nitrogens with one attached hydrogen (secondary N) is 3. The summed E-state index contributed by atoms with van der Waals surface area (Å²) in [5.41, 5.74) is -0.152. The van der Waals surface area contributed by atoms with E-state index >= 15 is 0 Å². The molecule has 1 aromatic carbocycles. The van der Waals surface area contributed by atoms with E-state index in [0.717, 1.165) is 44.9 Å². The molecule has 4 amide bonds.